The molecular weight excluding hydrogens is 371 g/mol. The second kappa shape index (κ2) is 9.39. The number of carbonyl (C=O) groups excluding carboxylic acids is 2. The first kappa shape index (κ1) is 22.6. The first-order valence-electron chi connectivity index (χ1n) is 10.4. The molecule has 0 aromatic heterocycles. The zero-order chi connectivity index (χ0) is 20.4. The van der Waals surface area contributed by atoms with Crippen molar-refractivity contribution < 1.29 is 33.6 Å². The maximum absolute atomic E-state index is 13.2. The second-order valence-electron chi connectivity index (χ2n) is 8.41. The molecule has 2 aliphatic rings. The maximum Gasteiger partial charge on any atom is 1.00 e. The van der Waals surface area contributed by atoms with Crippen molar-refractivity contribution in [3.05, 3.63) is 70.8 Å². The molecule has 4 rings (SSSR count). The van der Waals surface area contributed by atoms with Gasteiger partial charge in [-0.2, -0.15) is 0 Å². The Kier molecular flexibility index (Phi) is 7.08. The molecule has 1 aliphatic carbocycles. The Labute approximate surface area is 190 Å². The Hall–Kier alpha value is -2.06. The van der Waals surface area contributed by atoms with Crippen molar-refractivity contribution in [2.24, 2.45) is 0 Å². The van der Waals surface area contributed by atoms with E-state index in [1.165, 1.54) is 11.1 Å². The number of carbonyl (C=O) groups is 2. The zero-order valence-corrected chi connectivity index (χ0v) is 17.8. The summed E-state index contributed by atoms with van der Waals surface area (Å²) in [6.07, 6.45) is 4.82. The number of nitrogens with zero attached hydrogens (tertiary/aromatic N) is 1. The van der Waals surface area contributed by atoms with Crippen LogP contribution in [0.25, 0.3) is 0 Å². The fourth-order valence-corrected chi connectivity index (χ4v) is 4.38. The summed E-state index contributed by atoms with van der Waals surface area (Å²) in [4.78, 5) is 26.5. The topological polar surface area (TPSA) is 72.5 Å². The van der Waals surface area contributed by atoms with Gasteiger partial charge in [-0.05, 0) is 55.8 Å². The molecule has 5 nitrogen and oxygen atoms in total. The largest absolute Gasteiger partial charge is 1.00 e. The molecule has 0 spiro atoms. The molecule has 2 fully saturated rings. The number of hydrogen-bond acceptors (Lipinski definition) is 4. The van der Waals surface area contributed by atoms with E-state index in [0.717, 1.165) is 50.8 Å². The Bertz CT molecular complexity index is 909. The predicted octanol–water partition coefficient (Wildman–Crippen LogP) is -0.477. The van der Waals surface area contributed by atoms with Gasteiger partial charge in [0.15, 0.2) is 0 Å². The number of rotatable bonds is 6. The van der Waals surface area contributed by atoms with Crippen LogP contribution >= 0.6 is 0 Å². The number of nitrogens with one attached hydrogen (secondary N) is 1. The number of likely N-dealkylation sites (tertiary alicyclic amines) is 1. The van der Waals surface area contributed by atoms with Gasteiger partial charge in [0.2, 0.25) is 5.91 Å². The van der Waals surface area contributed by atoms with Crippen LogP contribution in [0.3, 0.4) is 0 Å². The van der Waals surface area contributed by atoms with Crippen molar-refractivity contribution in [1.29, 1.82) is 0 Å². The Morgan fingerprint density at radius 2 is 1.87 bits per heavy atom. The minimum Gasteiger partial charge on any atom is -0.545 e. The first-order valence-corrected chi connectivity index (χ1v) is 10.4. The summed E-state index contributed by atoms with van der Waals surface area (Å²) in [6, 6.07) is 15.1. The Morgan fingerprint density at radius 1 is 1.13 bits per heavy atom. The summed E-state index contributed by atoms with van der Waals surface area (Å²) >= 11 is 0. The van der Waals surface area contributed by atoms with Crippen LogP contribution in [0.4, 0.5) is 0 Å². The minimum atomic E-state index is -1.18. The SMILES string of the molecule is Cc1cccc(CN2CCCC[C@@H]2C(=O)NC2(c3ccc(C(=O)[O-])cc3)CC2)c1.[Li+]. The van der Waals surface area contributed by atoms with E-state index in [4.69, 9.17) is 0 Å². The third-order valence-corrected chi connectivity index (χ3v) is 6.17. The van der Waals surface area contributed by atoms with Crippen molar-refractivity contribution in [2.75, 3.05) is 6.54 Å². The van der Waals surface area contributed by atoms with E-state index in [-0.39, 0.29) is 41.9 Å². The van der Waals surface area contributed by atoms with Crippen molar-refractivity contribution in [1.82, 2.24) is 10.2 Å². The molecule has 1 saturated carbocycles. The molecule has 2 aromatic carbocycles. The summed E-state index contributed by atoms with van der Waals surface area (Å²) in [5.74, 6) is -1.10. The molecule has 0 unspecified atom stereocenters. The number of hydrogen-bond donors (Lipinski definition) is 1. The van der Waals surface area contributed by atoms with Gasteiger partial charge in [0.05, 0.1) is 17.6 Å². The van der Waals surface area contributed by atoms with E-state index in [9.17, 15) is 14.7 Å². The fraction of sp³-hybridized carbons (Fsp3) is 0.417. The summed E-state index contributed by atoms with van der Waals surface area (Å²) in [5.41, 5.74) is 3.25. The number of aromatic carboxylic acids is 1. The van der Waals surface area contributed by atoms with Crippen LogP contribution in [-0.4, -0.2) is 29.4 Å². The molecule has 1 amide bonds. The van der Waals surface area contributed by atoms with Crippen LogP contribution in [0.15, 0.2) is 48.5 Å². The summed E-state index contributed by atoms with van der Waals surface area (Å²) in [6.45, 7) is 3.80. The monoisotopic (exact) mass is 398 g/mol. The molecule has 1 N–H and O–H groups in total. The molecule has 1 heterocycles. The van der Waals surface area contributed by atoms with E-state index in [1.54, 1.807) is 24.3 Å². The van der Waals surface area contributed by atoms with Gasteiger partial charge in [0.25, 0.3) is 0 Å². The molecule has 30 heavy (non-hydrogen) atoms. The van der Waals surface area contributed by atoms with E-state index in [2.05, 4.69) is 41.4 Å². The molecule has 0 bridgehead atoms. The van der Waals surface area contributed by atoms with E-state index in [0.29, 0.717) is 0 Å². The summed E-state index contributed by atoms with van der Waals surface area (Å²) in [5, 5.41) is 14.3. The van der Waals surface area contributed by atoms with E-state index >= 15 is 0 Å². The number of carboxylic acids is 1. The molecule has 2 aromatic rings. The van der Waals surface area contributed by atoms with Gasteiger partial charge in [-0.3, -0.25) is 9.69 Å². The van der Waals surface area contributed by atoms with Crippen LogP contribution in [-0.2, 0) is 16.9 Å². The molecule has 0 radical (unpaired) electrons. The molecule has 1 atom stereocenters. The average Bonchev–Trinajstić information content (AvgIpc) is 3.49. The fourth-order valence-electron chi connectivity index (χ4n) is 4.38. The Balaban J connectivity index is 0.00000256. The smallest absolute Gasteiger partial charge is 0.545 e. The van der Waals surface area contributed by atoms with Gasteiger partial charge >= 0.3 is 18.9 Å². The van der Waals surface area contributed by atoms with E-state index < -0.39 is 5.97 Å². The quantitative estimate of drug-likeness (QED) is 0.668. The molecule has 1 saturated heterocycles. The van der Waals surface area contributed by atoms with Gasteiger partial charge < -0.3 is 15.2 Å². The van der Waals surface area contributed by atoms with Crippen molar-refractivity contribution in [2.45, 2.75) is 57.2 Å². The Morgan fingerprint density at radius 3 is 2.50 bits per heavy atom. The number of carboxylic acid groups (broad SMARTS) is 1. The van der Waals surface area contributed by atoms with Gasteiger partial charge in [-0.15, -0.1) is 0 Å². The van der Waals surface area contributed by atoms with Crippen LogP contribution in [0.1, 0.15) is 59.2 Å². The van der Waals surface area contributed by atoms with Crippen molar-refractivity contribution in [3.63, 3.8) is 0 Å². The minimum absolute atomic E-state index is 0. The molecular formula is C24H27LiN2O3. The number of benzene rings is 2. The predicted molar refractivity (Wildman–Crippen MR) is 109 cm³/mol. The molecule has 1 aliphatic heterocycles. The van der Waals surface area contributed by atoms with Gasteiger partial charge in [-0.25, -0.2) is 0 Å². The van der Waals surface area contributed by atoms with Crippen molar-refractivity contribution in [3.8, 4) is 0 Å². The van der Waals surface area contributed by atoms with Gasteiger partial charge in [0, 0.05) is 6.54 Å². The summed E-state index contributed by atoms with van der Waals surface area (Å²) in [7, 11) is 0. The zero-order valence-electron chi connectivity index (χ0n) is 17.8. The number of aryl methyl sites for hydroxylation is 1. The van der Waals surface area contributed by atoms with Crippen LogP contribution < -0.4 is 29.3 Å². The molecule has 152 valence electrons. The van der Waals surface area contributed by atoms with Crippen LogP contribution in [0, 0.1) is 6.92 Å². The number of piperidine rings is 1. The van der Waals surface area contributed by atoms with E-state index in [1.807, 2.05) is 0 Å². The molecule has 6 heteroatoms. The van der Waals surface area contributed by atoms with Crippen molar-refractivity contribution >= 4 is 11.9 Å². The van der Waals surface area contributed by atoms with Gasteiger partial charge in [-0.1, -0.05) is 60.5 Å². The number of amides is 1. The standard InChI is InChI=1S/C24H28N2O3.Li/c1-17-5-4-6-18(15-17)16-26-14-3-2-7-21(26)22(27)25-24(12-13-24)20-10-8-19(9-11-20)23(28)29;/h4-6,8-11,15,21H,2-3,7,12-14,16H2,1H3,(H,25,27)(H,28,29);/q;+1/p-1/t21-;/m1./s1. The third-order valence-electron chi connectivity index (χ3n) is 6.17. The third kappa shape index (κ3) is 4.98. The van der Waals surface area contributed by atoms with Crippen LogP contribution in [0.2, 0.25) is 0 Å². The first-order chi connectivity index (χ1) is 14.0. The van der Waals surface area contributed by atoms with Crippen LogP contribution in [0.5, 0.6) is 0 Å². The normalized spacial score (nSPS) is 20.1. The average molecular weight is 398 g/mol. The second-order valence-corrected chi connectivity index (χ2v) is 8.41. The maximum atomic E-state index is 13.2. The summed E-state index contributed by atoms with van der Waals surface area (Å²) < 4.78 is 0. The van der Waals surface area contributed by atoms with Gasteiger partial charge in [0.1, 0.15) is 0 Å².